The van der Waals surface area contributed by atoms with Gasteiger partial charge in [-0.15, -0.1) is 0 Å². The second kappa shape index (κ2) is 6.34. The van der Waals surface area contributed by atoms with E-state index in [1.807, 2.05) is 0 Å². The fourth-order valence-corrected chi connectivity index (χ4v) is 2.70. The van der Waals surface area contributed by atoms with Crippen LogP contribution in [-0.4, -0.2) is 29.5 Å². The molecular weight excluding hydrogens is 226 g/mol. The fourth-order valence-electron chi connectivity index (χ4n) is 2.70. The molecule has 1 aromatic heterocycles. The first-order valence-electron chi connectivity index (χ1n) is 7.11. The molecule has 102 valence electrons. The quantitative estimate of drug-likeness (QED) is 0.843. The van der Waals surface area contributed by atoms with Crippen molar-refractivity contribution in [2.45, 2.75) is 46.2 Å². The fraction of sp³-hybridized carbons (Fsp3) is 0.786. The summed E-state index contributed by atoms with van der Waals surface area (Å²) >= 11 is 0. The standard InChI is InChI=1S/C14H25N3O/c1-4-7-15-14(12-6-8-18-10-12)13-9-11(3)16-17(13)5-2/h9,12,14-15H,4-8,10H2,1-3H3. The number of hydrogen-bond acceptors (Lipinski definition) is 3. The Morgan fingerprint density at radius 3 is 3.00 bits per heavy atom. The van der Waals surface area contributed by atoms with Gasteiger partial charge in [0.1, 0.15) is 0 Å². The Bertz CT molecular complexity index is 369. The molecule has 1 aliphatic rings. The number of ether oxygens (including phenoxy) is 1. The van der Waals surface area contributed by atoms with Crippen LogP contribution < -0.4 is 5.32 Å². The summed E-state index contributed by atoms with van der Waals surface area (Å²) in [5.41, 5.74) is 2.42. The Balaban J connectivity index is 2.20. The largest absolute Gasteiger partial charge is 0.381 e. The van der Waals surface area contributed by atoms with E-state index in [1.165, 1.54) is 5.69 Å². The molecule has 0 saturated carbocycles. The number of nitrogens with zero attached hydrogens (tertiary/aromatic N) is 2. The molecule has 1 N–H and O–H groups in total. The first-order chi connectivity index (χ1) is 8.76. The minimum Gasteiger partial charge on any atom is -0.381 e. The predicted molar refractivity (Wildman–Crippen MR) is 72.6 cm³/mol. The van der Waals surface area contributed by atoms with Gasteiger partial charge in [0.05, 0.1) is 24.0 Å². The van der Waals surface area contributed by atoms with Crippen molar-refractivity contribution >= 4 is 0 Å². The molecule has 0 aliphatic carbocycles. The van der Waals surface area contributed by atoms with Crippen molar-refractivity contribution < 1.29 is 4.74 Å². The van der Waals surface area contributed by atoms with Crippen LogP contribution in [0, 0.1) is 12.8 Å². The maximum absolute atomic E-state index is 5.55. The summed E-state index contributed by atoms with van der Waals surface area (Å²) in [5.74, 6) is 0.581. The van der Waals surface area contributed by atoms with E-state index in [2.05, 4.69) is 41.9 Å². The molecule has 0 radical (unpaired) electrons. The molecule has 1 fully saturated rings. The Labute approximate surface area is 110 Å². The Hall–Kier alpha value is -0.870. The van der Waals surface area contributed by atoms with Gasteiger partial charge in [-0.2, -0.15) is 5.10 Å². The van der Waals surface area contributed by atoms with Crippen LogP contribution in [0.5, 0.6) is 0 Å². The summed E-state index contributed by atoms with van der Waals surface area (Å²) in [5, 5.41) is 8.24. The van der Waals surface area contributed by atoms with Crippen LogP contribution in [0.25, 0.3) is 0 Å². The lowest BCUT2D eigenvalue weighted by atomic mass is 9.95. The highest BCUT2D eigenvalue weighted by Gasteiger charge is 2.29. The molecule has 1 saturated heterocycles. The SMILES string of the molecule is CCCNC(c1cc(C)nn1CC)C1CCOC1. The molecule has 18 heavy (non-hydrogen) atoms. The van der Waals surface area contributed by atoms with Crippen LogP contribution in [0.4, 0.5) is 0 Å². The monoisotopic (exact) mass is 251 g/mol. The molecule has 0 spiro atoms. The maximum Gasteiger partial charge on any atom is 0.0597 e. The van der Waals surface area contributed by atoms with Crippen molar-refractivity contribution in [1.29, 1.82) is 0 Å². The van der Waals surface area contributed by atoms with Crippen LogP contribution in [0.3, 0.4) is 0 Å². The van der Waals surface area contributed by atoms with E-state index in [9.17, 15) is 0 Å². The Kier molecular flexibility index (Phi) is 4.78. The smallest absolute Gasteiger partial charge is 0.0597 e. The summed E-state index contributed by atoms with van der Waals surface area (Å²) in [7, 11) is 0. The van der Waals surface area contributed by atoms with Gasteiger partial charge in [0.2, 0.25) is 0 Å². The number of rotatable bonds is 6. The van der Waals surface area contributed by atoms with Crippen LogP contribution in [0.1, 0.15) is 44.1 Å². The highest BCUT2D eigenvalue weighted by molar-refractivity contribution is 5.15. The maximum atomic E-state index is 5.55. The lowest BCUT2D eigenvalue weighted by molar-refractivity contribution is 0.175. The van der Waals surface area contributed by atoms with E-state index in [0.29, 0.717) is 12.0 Å². The second-order valence-corrected chi connectivity index (χ2v) is 5.08. The zero-order valence-corrected chi connectivity index (χ0v) is 11.8. The minimum atomic E-state index is 0.383. The van der Waals surface area contributed by atoms with Crippen LogP contribution in [0.15, 0.2) is 6.07 Å². The Morgan fingerprint density at radius 1 is 1.56 bits per heavy atom. The van der Waals surface area contributed by atoms with Gasteiger partial charge in [-0.3, -0.25) is 4.68 Å². The van der Waals surface area contributed by atoms with Gasteiger partial charge >= 0.3 is 0 Å². The van der Waals surface area contributed by atoms with Crippen molar-refractivity contribution in [1.82, 2.24) is 15.1 Å². The van der Waals surface area contributed by atoms with Gasteiger partial charge in [-0.05, 0) is 39.3 Å². The summed E-state index contributed by atoms with van der Waals surface area (Å²) < 4.78 is 7.68. The predicted octanol–water partition coefficient (Wildman–Crippen LogP) is 2.29. The van der Waals surface area contributed by atoms with E-state index >= 15 is 0 Å². The van der Waals surface area contributed by atoms with Crippen LogP contribution in [-0.2, 0) is 11.3 Å². The third kappa shape index (κ3) is 2.93. The number of hydrogen-bond donors (Lipinski definition) is 1. The minimum absolute atomic E-state index is 0.383. The van der Waals surface area contributed by atoms with Gasteiger partial charge in [0.25, 0.3) is 0 Å². The van der Waals surface area contributed by atoms with Crippen molar-refractivity contribution in [2.24, 2.45) is 5.92 Å². The van der Waals surface area contributed by atoms with Crippen LogP contribution in [0.2, 0.25) is 0 Å². The number of aryl methyl sites for hydroxylation is 2. The average molecular weight is 251 g/mol. The molecule has 1 aliphatic heterocycles. The van der Waals surface area contributed by atoms with E-state index in [1.54, 1.807) is 0 Å². The molecule has 0 amide bonds. The molecule has 1 aromatic rings. The summed E-state index contributed by atoms with van der Waals surface area (Å²) in [4.78, 5) is 0. The highest BCUT2D eigenvalue weighted by atomic mass is 16.5. The summed E-state index contributed by atoms with van der Waals surface area (Å²) in [6, 6.07) is 2.60. The highest BCUT2D eigenvalue weighted by Crippen LogP contribution is 2.29. The molecule has 0 aromatic carbocycles. The van der Waals surface area contributed by atoms with E-state index in [-0.39, 0.29) is 0 Å². The topological polar surface area (TPSA) is 39.1 Å². The van der Waals surface area contributed by atoms with Crippen molar-refractivity contribution in [2.75, 3.05) is 19.8 Å². The van der Waals surface area contributed by atoms with Crippen molar-refractivity contribution in [3.05, 3.63) is 17.5 Å². The van der Waals surface area contributed by atoms with Gasteiger partial charge in [-0.1, -0.05) is 6.92 Å². The number of nitrogens with one attached hydrogen (secondary N) is 1. The second-order valence-electron chi connectivity index (χ2n) is 5.08. The summed E-state index contributed by atoms with van der Waals surface area (Å²) in [6.07, 6.45) is 2.30. The van der Waals surface area contributed by atoms with Crippen molar-refractivity contribution in [3.63, 3.8) is 0 Å². The van der Waals surface area contributed by atoms with Crippen molar-refractivity contribution in [3.8, 4) is 0 Å². The van der Waals surface area contributed by atoms with E-state index in [4.69, 9.17) is 4.74 Å². The lowest BCUT2D eigenvalue weighted by Gasteiger charge is -2.24. The van der Waals surface area contributed by atoms with Gasteiger partial charge in [0, 0.05) is 19.1 Å². The first kappa shape index (κ1) is 13.6. The summed E-state index contributed by atoms with van der Waals surface area (Å²) in [6.45, 7) is 10.2. The Morgan fingerprint density at radius 2 is 2.39 bits per heavy atom. The molecule has 4 heteroatoms. The normalized spacial score (nSPS) is 21.4. The van der Waals surface area contributed by atoms with Gasteiger partial charge in [-0.25, -0.2) is 0 Å². The molecule has 0 bridgehead atoms. The van der Waals surface area contributed by atoms with E-state index in [0.717, 1.165) is 44.8 Å². The van der Waals surface area contributed by atoms with Crippen LogP contribution >= 0.6 is 0 Å². The lowest BCUT2D eigenvalue weighted by Crippen LogP contribution is -2.31. The molecule has 4 nitrogen and oxygen atoms in total. The van der Waals surface area contributed by atoms with Gasteiger partial charge in [0.15, 0.2) is 0 Å². The molecule has 2 unspecified atom stereocenters. The molecular formula is C14H25N3O. The first-order valence-corrected chi connectivity index (χ1v) is 7.11. The number of aromatic nitrogens is 2. The average Bonchev–Trinajstić information content (AvgIpc) is 2.99. The third-order valence-electron chi connectivity index (χ3n) is 3.60. The van der Waals surface area contributed by atoms with Gasteiger partial charge < -0.3 is 10.1 Å². The zero-order chi connectivity index (χ0) is 13.0. The molecule has 2 rings (SSSR count). The van der Waals surface area contributed by atoms with E-state index < -0.39 is 0 Å². The third-order valence-corrected chi connectivity index (χ3v) is 3.60. The molecule has 2 heterocycles. The molecule has 2 atom stereocenters. The zero-order valence-electron chi connectivity index (χ0n) is 11.8.